The van der Waals surface area contributed by atoms with Gasteiger partial charge in [0.15, 0.2) is 26.5 Å². The Morgan fingerprint density at radius 2 is 2.14 bits per heavy atom. The molecule has 3 heterocycles. The third-order valence-corrected chi connectivity index (χ3v) is 6.58. The molecule has 10 heteroatoms. The maximum Gasteiger partial charge on any atom is 0.177 e. The zero-order chi connectivity index (χ0) is 20.2. The van der Waals surface area contributed by atoms with Gasteiger partial charge < -0.3 is 19.8 Å². The number of ether oxygens (including phenoxy) is 2. The number of benzene rings is 1. The van der Waals surface area contributed by atoms with Crippen molar-refractivity contribution in [1.82, 2.24) is 24.5 Å². The maximum atomic E-state index is 6.03. The van der Waals surface area contributed by atoms with Crippen LogP contribution in [-0.4, -0.2) is 38.4 Å². The molecule has 152 valence electrons. The highest BCUT2D eigenvalue weighted by Crippen LogP contribution is 2.37. The van der Waals surface area contributed by atoms with Crippen molar-refractivity contribution in [2.75, 3.05) is 19.6 Å². The number of rotatable bonds is 9. The summed E-state index contributed by atoms with van der Waals surface area (Å²) in [4.78, 5) is 18.0. The van der Waals surface area contributed by atoms with Crippen molar-refractivity contribution in [3.8, 4) is 0 Å². The topological polar surface area (TPSA) is 101 Å². The van der Waals surface area contributed by atoms with Crippen molar-refractivity contribution in [1.29, 1.82) is 0 Å². The van der Waals surface area contributed by atoms with Gasteiger partial charge in [0, 0.05) is 13.7 Å². The van der Waals surface area contributed by atoms with E-state index in [0.717, 1.165) is 50.3 Å². The minimum atomic E-state index is 0.265. The lowest BCUT2D eigenvalue weighted by Crippen LogP contribution is -2.01. The van der Waals surface area contributed by atoms with Gasteiger partial charge in [-0.2, -0.15) is 0 Å². The van der Waals surface area contributed by atoms with Gasteiger partial charge in [-0.3, -0.25) is 0 Å². The average molecular weight is 431 g/mol. The first kappa shape index (κ1) is 20.0. The van der Waals surface area contributed by atoms with Crippen LogP contribution < -0.4 is 5.73 Å². The molecule has 4 rings (SSSR count). The number of nitrogen functional groups attached to an aromatic ring is 1. The van der Waals surface area contributed by atoms with Crippen molar-refractivity contribution in [3.63, 3.8) is 0 Å². The van der Waals surface area contributed by atoms with Gasteiger partial charge in [-0.1, -0.05) is 25.5 Å². The average Bonchev–Trinajstić information content (AvgIpc) is 3.29. The summed E-state index contributed by atoms with van der Waals surface area (Å²) in [5.74, 6) is 0.397. The smallest absolute Gasteiger partial charge is 0.177 e. The Bertz CT molecular complexity index is 1130. The number of nitrogens with two attached hydrogens (primary N) is 1. The van der Waals surface area contributed by atoms with Gasteiger partial charge in [-0.25, -0.2) is 19.9 Å². The van der Waals surface area contributed by atoms with Gasteiger partial charge in [0.25, 0.3) is 0 Å². The number of thiazole rings is 1. The number of hydrogen-bond donors (Lipinski definition) is 1. The summed E-state index contributed by atoms with van der Waals surface area (Å²) < 4.78 is 14.6. The van der Waals surface area contributed by atoms with Crippen LogP contribution >= 0.6 is 23.1 Å². The Labute approximate surface area is 176 Å². The van der Waals surface area contributed by atoms with Gasteiger partial charge in [-0.15, -0.1) is 11.3 Å². The molecule has 0 saturated carbocycles. The Kier molecular flexibility index (Phi) is 6.24. The number of imidazole rings is 1. The molecule has 0 radical (unpaired) electrons. The van der Waals surface area contributed by atoms with Gasteiger partial charge in [0.1, 0.15) is 13.1 Å². The lowest BCUT2D eigenvalue weighted by atomic mass is 10.2. The van der Waals surface area contributed by atoms with E-state index in [1.807, 2.05) is 12.1 Å². The van der Waals surface area contributed by atoms with E-state index in [0.29, 0.717) is 17.9 Å². The third-order valence-electron chi connectivity index (χ3n) is 4.37. The first-order chi connectivity index (χ1) is 14.2. The molecule has 2 N–H and O–H groups in total. The third kappa shape index (κ3) is 4.20. The number of fused-ring (bicyclic) bond motifs is 2. The predicted molar refractivity (Wildman–Crippen MR) is 115 cm³/mol. The number of anilines is 1. The maximum absolute atomic E-state index is 6.03. The van der Waals surface area contributed by atoms with E-state index in [4.69, 9.17) is 25.2 Å². The minimum absolute atomic E-state index is 0.265. The second-order valence-corrected chi connectivity index (χ2v) is 8.65. The number of aromatic nitrogens is 5. The lowest BCUT2D eigenvalue weighted by Gasteiger charge is -2.05. The van der Waals surface area contributed by atoms with Gasteiger partial charge in [-0.05, 0) is 29.8 Å². The van der Waals surface area contributed by atoms with Gasteiger partial charge in [0.2, 0.25) is 0 Å². The van der Waals surface area contributed by atoms with E-state index >= 15 is 0 Å². The van der Waals surface area contributed by atoms with Gasteiger partial charge >= 0.3 is 0 Å². The van der Waals surface area contributed by atoms with Crippen molar-refractivity contribution in [3.05, 3.63) is 30.1 Å². The van der Waals surface area contributed by atoms with Crippen LogP contribution in [0, 0.1) is 0 Å². The quantitative estimate of drug-likeness (QED) is 0.313. The first-order valence-corrected chi connectivity index (χ1v) is 10.9. The monoisotopic (exact) mass is 430 g/mol. The van der Waals surface area contributed by atoms with Crippen LogP contribution in [-0.2, 0) is 22.6 Å². The molecule has 1 aromatic carbocycles. The fourth-order valence-corrected chi connectivity index (χ4v) is 5.15. The summed E-state index contributed by atoms with van der Waals surface area (Å²) in [6.45, 7) is 3.74. The standard InChI is InChI=1S/C19H22N6O2S2/c1-3-4-8-25-17-14(16(20)21-10-22-17)24-18(25)29-19-23-13-7-5-6-12(15(13)28-19)9-27-11-26-2/h5-7,10H,3-4,8-9,11H2,1-2H3,(H2,20,21,22). The van der Waals surface area contributed by atoms with Crippen molar-refractivity contribution < 1.29 is 9.47 Å². The summed E-state index contributed by atoms with van der Waals surface area (Å²) in [6.07, 6.45) is 3.60. The largest absolute Gasteiger partial charge is 0.382 e. The normalized spacial score (nSPS) is 11.7. The van der Waals surface area contributed by atoms with Crippen LogP contribution in [0.2, 0.25) is 0 Å². The van der Waals surface area contributed by atoms with Gasteiger partial charge in [0.05, 0.1) is 16.8 Å². The fraction of sp³-hybridized carbons (Fsp3) is 0.368. The van der Waals surface area contributed by atoms with Crippen LogP contribution in [0.3, 0.4) is 0 Å². The lowest BCUT2D eigenvalue weighted by molar-refractivity contribution is -0.0386. The molecule has 4 aromatic rings. The second-order valence-electron chi connectivity index (χ2n) is 6.43. The molecule has 0 saturated heterocycles. The van der Waals surface area contributed by atoms with E-state index in [-0.39, 0.29) is 6.79 Å². The number of aryl methyl sites for hydroxylation is 1. The molecule has 0 amide bonds. The molecule has 0 aliphatic heterocycles. The zero-order valence-corrected chi connectivity index (χ0v) is 17.9. The molecule has 29 heavy (non-hydrogen) atoms. The Morgan fingerprint density at radius 1 is 1.24 bits per heavy atom. The summed E-state index contributed by atoms with van der Waals surface area (Å²) in [7, 11) is 1.61. The Balaban J connectivity index is 1.68. The van der Waals surface area contributed by atoms with E-state index < -0.39 is 0 Å². The first-order valence-electron chi connectivity index (χ1n) is 9.31. The van der Waals surface area contributed by atoms with E-state index in [1.165, 1.54) is 18.1 Å². The fourth-order valence-electron chi connectivity index (χ4n) is 2.99. The SMILES string of the molecule is CCCCn1c(Sc2nc3cccc(COCOC)c3s2)nc2c(N)ncnc21. The minimum Gasteiger partial charge on any atom is -0.382 e. The van der Waals surface area contributed by atoms with Crippen LogP contribution in [0.15, 0.2) is 34.0 Å². The molecular formula is C19H22N6O2S2. The van der Waals surface area contributed by atoms with E-state index in [2.05, 4.69) is 27.5 Å². The Morgan fingerprint density at radius 3 is 2.97 bits per heavy atom. The van der Waals surface area contributed by atoms with E-state index in [9.17, 15) is 0 Å². The van der Waals surface area contributed by atoms with Crippen molar-refractivity contribution in [2.45, 2.75) is 42.4 Å². The molecule has 3 aromatic heterocycles. The molecule has 0 atom stereocenters. The molecule has 0 unspecified atom stereocenters. The van der Waals surface area contributed by atoms with Crippen LogP contribution in [0.4, 0.5) is 5.82 Å². The second kappa shape index (κ2) is 9.04. The predicted octanol–water partition coefficient (Wildman–Crippen LogP) is 4.09. The van der Waals surface area contributed by atoms with Crippen LogP contribution in [0.25, 0.3) is 21.4 Å². The summed E-state index contributed by atoms with van der Waals surface area (Å²) in [5.41, 5.74) is 9.48. The summed E-state index contributed by atoms with van der Waals surface area (Å²) >= 11 is 3.17. The van der Waals surface area contributed by atoms with Crippen molar-refractivity contribution in [2.24, 2.45) is 0 Å². The highest BCUT2D eigenvalue weighted by atomic mass is 32.2. The number of methoxy groups -OCH3 is 1. The van der Waals surface area contributed by atoms with Crippen molar-refractivity contribution >= 4 is 50.3 Å². The molecule has 0 spiro atoms. The van der Waals surface area contributed by atoms with Crippen LogP contribution in [0.5, 0.6) is 0 Å². The highest BCUT2D eigenvalue weighted by Gasteiger charge is 2.18. The van der Waals surface area contributed by atoms with E-state index in [1.54, 1.807) is 18.4 Å². The molecule has 8 nitrogen and oxygen atoms in total. The molecule has 0 aliphatic carbocycles. The number of unbranched alkanes of at least 4 members (excludes halogenated alkanes) is 1. The highest BCUT2D eigenvalue weighted by molar-refractivity contribution is 8.01. The zero-order valence-electron chi connectivity index (χ0n) is 16.3. The van der Waals surface area contributed by atoms with Crippen LogP contribution in [0.1, 0.15) is 25.3 Å². The Hall–Kier alpha value is -2.27. The molecule has 0 fully saturated rings. The molecular weight excluding hydrogens is 408 g/mol. The molecule has 0 aliphatic rings. The summed E-state index contributed by atoms with van der Waals surface area (Å²) in [6, 6.07) is 6.06. The molecule has 0 bridgehead atoms. The number of hydrogen-bond acceptors (Lipinski definition) is 9. The summed E-state index contributed by atoms with van der Waals surface area (Å²) in [5, 5.41) is 0.830. The number of nitrogens with zero attached hydrogens (tertiary/aromatic N) is 5.